The number of aromatic hydroxyl groups is 1. The molecular weight excluding hydrogens is 452 g/mol. The third-order valence-corrected chi connectivity index (χ3v) is 7.12. The van der Waals surface area contributed by atoms with E-state index in [1.807, 2.05) is 36.4 Å². The molecule has 1 saturated heterocycles. The van der Waals surface area contributed by atoms with E-state index in [1.54, 1.807) is 13.0 Å². The molecule has 36 heavy (non-hydrogen) atoms. The van der Waals surface area contributed by atoms with Gasteiger partial charge in [-0.1, -0.05) is 13.8 Å². The van der Waals surface area contributed by atoms with Crippen LogP contribution in [0.15, 0.2) is 47.5 Å². The van der Waals surface area contributed by atoms with Crippen LogP contribution in [0.1, 0.15) is 55.1 Å². The molecule has 0 amide bonds. The summed E-state index contributed by atoms with van der Waals surface area (Å²) in [7, 11) is 2.13. The van der Waals surface area contributed by atoms with Crippen LogP contribution in [0.25, 0.3) is 10.9 Å². The van der Waals surface area contributed by atoms with E-state index in [1.165, 1.54) is 0 Å². The Morgan fingerprint density at radius 3 is 2.42 bits per heavy atom. The number of aromatic amines is 1. The first kappa shape index (κ1) is 25.9. The number of nitrogens with zero attached hydrogens (tertiary/aromatic N) is 3. The van der Waals surface area contributed by atoms with E-state index >= 15 is 0 Å². The number of ketones is 1. The van der Waals surface area contributed by atoms with Crippen LogP contribution >= 0.6 is 0 Å². The van der Waals surface area contributed by atoms with E-state index in [4.69, 9.17) is 9.73 Å². The van der Waals surface area contributed by atoms with Crippen LogP contribution in [0.3, 0.4) is 0 Å². The first-order valence-corrected chi connectivity index (χ1v) is 13.0. The number of carbonyl (C=O) groups is 1. The molecular formula is C29H38N4O3. The van der Waals surface area contributed by atoms with E-state index in [9.17, 15) is 9.90 Å². The molecule has 4 rings (SSSR count). The van der Waals surface area contributed by atoms with Crippen LogP contribution < -0.4 is 4.74 Å². The number of rotatable bonds is 10. The van der Waals surface area contributed by atoms with Gasteiger partial charge in [-0.25, -0.2) is 0 Å². The molecule has 2 N–H and O–H groups in total. The second-order valence-corrected chi connectivity index (χ2v) is 9.58. The molecule has 7 heteroatoms. The molecule has 7 nitrogen and oxygen atoms in total. The molecule has 1 fully saturated rings. The predicted octanol–water partition coefficient (Wildman–Crippen LogP) is 4.73. The van der Waals surface area contributed by atoms with Gasteiger partial charge in [-0.05, 0) is 95.5 Å². The fourth-order valence-electron chi connectivity index (χ4n) is 4.77. The summed E-state index contributed by atoms with van der Waals surface area (Å²) >= 11 is 0. The largest absolute Gasteiger partial charge is 0.494 e. The number of hydrogen-bond acceptors (Lipinski definition) is 6. The maximum absolute atomic E-state index is 12.1. The molecule has 2 heterocycles. The van der Waals surface area contributed by atoms with Crippen molar-refractivity contribution >= 4 is 22.4 Å². The number of aliphatic imine (C=N–C) groups is 1. The summed E-state index contributed by atoms with van der Waals surface area (Å²) in [5.74, 6) is 0.868. The van der Waals surface area contributed by atoms with Crippen molar-refractivity contribution in [2.45, 2.75) is 39.7 Å². The molecule has 192 valence electrons. The average Bonchev–Trinajstić information content (AvgIpc) is 3.21. The van der Waals surface area contributed by atoms with Gasteiger partial charge in [0.2, 0.25) is 0 Å². The number of benzene rings is 2. The van der Waals surface area contributed by atoms with Crippen molar-refractivity contribution in [1.82, 2.24) is 14.8 Å². The zero-order valence-corrected chi connectivity index (χ0v) is 21.9. The van der Waals surface area contributed by atoms with Crippen LogP contribution in [-0.4, -0.2) is 83.8 Å². The molecule has 0 spiro atoms. The third kappa shape index (κ3) is 5.97. The van der Waals surface area contributed by atoms with E-state index in [2.05, 4.69) is 35.7 Å². The molecule has 1 aliphatic heterocycles. The fraction of sp³-hybridized carbons (Fsp3) is 0.448. The maximum atomic E-state index is 12.1. The van der Waals surface area contributed by atoms with Crippen molar-refractivity contribution in [1.29, 1.82) is 0 Å². The van der Waals surface area contributed by atoms with Gasteiger partial charge in [0.25, 0.3) is 0 Å². The van der Waals surface area contributed by atoms with E-state index < -0.39 is 0 Å². The molecule has 3 aromatic rings. The summed E-state index contributed by atoms with van der Waals surface area (Å²) < 4.78 is 5.98. The van der Waals surface area contributed by atoms with Crippen molar-refractivity contribution < 1.29 is 14.6 Å². The van der Waals surface area contributed by atoms with Crippen molar-refractivity contribution in [3.63, 3.8) is 0 Å². The first-order valence-electron chi connectivity index (χ1n) is 13.0. The fourth-order valence-corrected chi connectivity index (χ4v) is 4.77. The third-order valence-electron chi connectivity index (χ3n) is 7.12. The number of Topliss-reactive ketones (excluding diaryl/α,β-unsaturated/α-hetero) is 1. The minimum absolute atomic E-state index is 0.0106. The molecule has 2 aromatic carbocycles. The van der Waals surface area contributed by atoms with Gasteiger partial charge in [0.15, 0.2) is 11.7 Å². The van der Waals surface area contributed by atoms with Gasteiger partial charge in [-0.3, -0.25) is 9.79 Å². The van der Waals surface area contributed by atoms with Gasteiger partial charge < -0.3 is 24.6 Å². The molecule has 0 bridgehead atoms. The number of likely N-dealkylation sites (tertiary alicyclic amines) is 1. The highest BCUT2D eigenvalue weighted by molar-refractivity contribution is 6.21. The Morgan fingerprint density at radius 2 is 1.78 bits per heavy atom. The zero-order chi connectivity index (χ0) is 25.7. The molecule has 1 aliphatic rings. The zero-order valence-electron chi connectivity index (χ0n) is 21.9. The van der Waals surface area contributed by atoms with Gasteiger partial charge in [-0.2, -0.15) is 0 Å². The number of piperidine rings is 1. The number of aromatic nitrogens is 1. The van der Waals surface area contributed by atoms with Gasteiger partial charge >= 0.3 is 0 Å². The summed E-state index contributed by atoms with van der Waals surface area (Å²) in [6.45, 7) is 11.4. The molecule has 0 saturated carbocycles. The van der Waals surface area contributed by atoms with Gasteiger partial charge in [0.1, 0.15) is 12.4 Å². The summed E-state index contributed by atoms with van der Waals surface area (Å²) in [5.41, 5.74) is 3.68. The summed E-state index contributed by atoms with van der Waals surface area (Å²) in [5, 5.41) is 11.8. The van der Waals surface area contributed by atoms with Crippen LogP contribution in [0.2, 0.25) is 0 Å². The number of hydrogen-bond donors (Lipinski definition) is 2. The van der Waals surface area contributed by atoms with Gasteiger partial charge in [0, 0.05) is 28.6 Å². The summed E-state index contributed by atoms with van der Waals surface area (Å²) in [6, 6.07) is 13.6. The maximum Gasteiger partial charge on any atom is 0.199 e. The number of likely N-dealkylation sites (N-methyl/N-ethyl adjacent to an activating group) is 1. The van der Waals surface area contributed by atoms with Crippen molar-refractivity contribution in [3.05, 3.63) is 59.2 Å². The normalized spacial score (nSPS) is 15.6. The molecule has 0 aliphatic carbocycles. The first-order chi connectivity index (χ1) is 17.4. The van der Waals surface area contributed by atoms with Gasteiger partial charge in [0.05, 0.1) is 17.3 Å². The Kier molecular flexibility index (Phi) is 8.44. The minimum atomic E-state index is -0.0106. The lowest BCUT2D eigenvalue weighted by Gasteiger charge is -2.27. The molecule has 1 aromatic heterocycles. The van der Waals surface area contributed by atoms with Gasteiger partial charge in [-0.15, -0.1) is 0 Å². The number of H-pyrrole nitrogens is 1. The summed E-state index contributed by atoms with van der Waals surface area (Å²) in [6.07, 6.45) is 1.93. The number of nitrogens with one attached hydrogen (secondary N) is 1. The highest BCUT2D eigenvalue weighted by atomic mass is 16.5. The highest BCUT2D eigenvalue weighted by Gasteiger charge is 2.23. The van der Waals surface area contributed by atoms with Crippen LogP contribution in [0, 0.1) is 0 Å². The van der Waals surface area contributed by atoms with Crippen LogP contribution in [-0.2, 0) is 0 Å². The minimum Gasteiger partial charge on any atom is -0.494 e. The van der Waals surface area contributed by atoms with Crippen molar-refractivity contribution in [3.8, 4) is 11.6 Å². The van der Waals surface area contributed by atoms with E-state index in [0.717, 1.165) is 73.5 Å². The van der Waals surface area contributed by atoms with E-state index in [-0.39, 0.29) is 17.7 Å². The van der Waals surface area contributed by atoms with Crippen LogP contribution in [0.5, 0.6) is 11.6 Å². The number of fused-ring (bicyclic) bond motifs is 1. The SMILES string of the molecule is CCN(CC)CCOc1ccc(C(=NC2CCN(C)CC2)c2c(O)[nH]c3ccc(C(C)=O)cc23)cc1. The second-order valence-electron chi connectivity index (χ2n) is 9.58. The molecule has 0 unspecified atom stereocenters. The standard InChI is InChI=1S/C29H38N4O3/c1-5-33(6-2)17-18-36-24-10-7-21(8-11-24)28(30-23-13-15-32(4)16-14-23)27-25-19-22(20(3)34)9-12-26(25)31-29(27)35/h7-12,19,23,31,35H,5-6,13-18H2,1-4H3. The Hall–Kier alpha value is -3.16. The lowest BCUT2D eigenvalue weighted by molar-refractivity contribution is 0.101. The van der Waals surface area contributed by atoms with Crippen LogP contribution in [0.4, 0.5) is 0 Å². The number of carbonyl (C=O) groups excluding carboxylic acids is 1. The topological polar surface area (TPSA) is 81.2 Å². The molecule has 0 atom stereocenters. The van der Waals surface area contributed by atoms with Crippen molar-refractivity contribution in [2.24, 2.45) is 4.99 Å². The Labute approximate surface area is 213 Å². The number of ether oxygens (including phenoxy) is 1. The summed E-state index contributed by atoms with van der Waals surface area (Å²) in [4.78, 5) is 25.0. The Morgan fingerprint density at radius 1 is 1.11 bits per heavy atom. The molecule has 0 radical (unpaired) electrons. The Bertz CT molecular complexity index is 1200. The lowest BCUT2D eigenvalue weighted by atomic mass is 9.97. The van der Waals surface area contributed by atoms with E-state index in [0.29, 0.717) is 17.7 Å². The monoisotopic (exact) mass is 490 g/mol. The smallest absolute Gasteiger partial charge is 0.199 e. The highest BCUT2D eigenvalue weighted by Crippen LogP contribution is 2.32. The lowest BCUT2D eigenvalue weighted by Crippen LogP contribution is -2.32. The van der Waals surface area contributed by atoms with Crippen molar-refractivity contribution in [2.75, 3.05) is 46.4 Å². The quantitative estimate of drug-likeness (QED) is 0.317. The predicted molar refractivity (Wildman–Crippen MR) is 146 cm³/mol. The Balaban J connectivity index is 1.68. The average molecular weight is 491 g/mol. The second kappa shape index (κ2) is 11.7.